The lowest BCUT2D eigenvalue weighted by molar-refractivity contribution is -0.208. The third-order valence-electron chi connectivity index (χ3n) is 5.79. The van der Waals surface area contributed by atoms with Crippen molar-refractivity contribution in [2.45, 2.75) is 38.2 Å². The lowest BCUT2D eigenvalue weighted by Gasteiger charge is -2.38. The summed E-state index contributed by atoms with van der Waals surface area (Å²) in [5.74, 6) is 0.987. The Kier molecular flexibility index (Phi) is 5.44. The van der Waals surface area contributed by atoms with Gasteiger partial charge in [-0.05, 0) is 24.1 Å². The van der Waals surface area contributed by atoms with Crippen LogP contribution in [0.15, 0.2) is 30.6 Å². The van der Waals surface area contributed by atoms with Gasteiger partial charge in [0.1, 0.15) is 5.75 Å². The summed E-state index contributed by atoms with van der Waals surface area (Å²) in [5, 5.41) is 13.2. The van der Waals surface area contributed by atoms with Gasteiger partial charge in [0.05, 0.1) is 25.0 Å². The molecule has 2 aromatic rings. The minimum Gasteiger partial charge on any atom is -0.493 e. The second-order valence-electron chi connectivity index (χ2n) is 7.64. The number of hydrogen-bond acceptors (Lipinski definition) is 5. The summed E-state index contributed by atoms with van der Waals surface area (Å²) in [6.45, 7) is 5.55. The van der Waals surface area contributed by atoms with Crippen molar-refractivity contribution in [3.8, 4) is 5.75 Å². The number of nitrogens with zero attached hydrogens (tertiary/aromatic N) is 4. The molecule has 0 bridgehead atoms. The van der Waals surface area contributed by atoms with Gasteiger partial charge in [-0.25, -0.2) is 0 Å². The molecule has 2 aliphatic heterocycles. The number of aliphatic hydroxyl groups excluding tert-OH is 1. The minimum absolute atomic E-state index is 0.260. The Labute approximate surface area is 167 Å². The summed E-state index contributed by atoms with van der Waals surface area (Å²) in [6.07, 6.45) is -2.97. The van der Waals surface area contributed by atoms with Crippen LogP contribution in [0.3, 0.4) is 0 Å². The van der Waals surface area contributed by atoms with Gasteiger partial charge in [0.25, 0.3) is 0 Å². The van der Waals surface area contributed by atoms with Gasteiger partial charge >= 0.3 is 6.18 Å². The molecule has 29 heavy (non-hydrogen) atoms. The highest BCUT2D eigenvalue weighted by Crippen LogP contribution is 2.31. The fraction of sp³-hybridized carbons (Fsp3) is 0.550. The van der Waals surface area contributed by atoms with Gasteiger partial charge in [-0.15, -0.1) is 0 Å². The zero-order valence-electron chi connectivity index (χ0n) is 16.3. The van der Waals surface area contributed by atoms with E-state index in [0.29, 0.717) is 0 Å². The summed E-state index contributed by atoms with van der Waals surface area (Å²) in [7, 11) is 0. The molecule has 0 saturated carbocycles. The molecule has 1 aromatic carbocycles. The number of fused-ring (bicyclic) bond motifs is 1. The third-order valence-corrected chi connectivity index (χ3v) is 5.79. The Morgan fingerprint density at radius 2 is 1.97 bits per heavy atom. The molecule has 1 N–H and O–H groups in total. The summed E-state index contributed by atoms with van der Waals surface area (Å²) < 4.78 is 44.4. The van der Waals surface area contributed by atoms with Crippen LogP contribution in [0.4, 0.5) is 18.9 Å². The van der Waals surface area contributed by atoms with Crippen molar-refractivity contribution in [3.63, 3.8) is 0 Å². The van der Waals surface area contributed by atoms with E-state index in [0.717, 1.165) is 55.3 Å². The van der Waals surface area contributed by atoms with Crippen LogP contribution in [-0.4, -0.2) is 64.9 Å². The van der Waals surface area contributed by atoms with Gasteiger partial charge in [0.2, 0.25) is 0 Å². The van der Waals surface area contributed by atoms with Crippen LogP contribution in [0, 0.1) is 0 Å². The fourth-order valence-electron chi connectivity index (χ4n) is 3.92. The maximum absolute atomic E-state index is 12.5. The van der Waals surface area contributed by atoms with Gasteiger partial charge in [-0.1, -0.05) is 12.1 Å². The molecule has 2 aliphatic rings. The van der Waals surface area contributed by atoms with E-state index in [1.165, 1.54) is 11.1 Å². The second kappa shape index (κ2) is 7.87. The van der Waals surface area contributed by atoms with Crippen molar-refractivity contribution in [3.05, 3.63) is 41.7 Å². The number of aromatic nitrogens is 2. The highest BCUT2D eigenvalue weighted by atomic mass is 19.4. The van der Waals surface area contributed by atoms with Gasteiger partial charge in [-0.3, -0.25) is 9.58 Å². The van der Waals surface area contributed by atoms with E-state index < -0.39 is 18.8 Å². The molecule has 0 aliphatic carbocycles. The second-order valence-corrected chi connectivity index (χ2v) is 7.64. The van der Waals surface area contributed by atoms with Crippen LogP contribution in [0.1, 0.15) is 24.1 Å². The highest BCUT2D eigenvalue weighted by molar-refractivity contribution is 5.43. The zero-order chi connectivity index (χ0) is 20.6. The Bertz CT molecular complexity index is 846. The number of alkyl halides is 3. The number of anilines is 1. The number of ether oxygens (including phenoxy) is 1. The quantitative estimate of drug-likeness (QED) is 0.822. The molecule has 158 valence electrons. The van der Waals surface area contributed by atoms with Crippen LogP contribution in [0.5, 0.6) is 5.75 Å². The van der Waals surface area contributed by atoms with Crippen LogP contribution in [0.25, 0.3) is 0 Å². The largest absolute Gasteiger partial charge is 0.493 e. The predicted octanol–water partition coefficient (Wildman–Crippen LogP) is 2.62. The van der Waals surface area contributed by atoms with Gasteiger partial charge in [-0.2, -0.15) is 18.3 Å². The molecule has 0 spiro atoms. The first-order valence-corrected chi connectivity index (χ1v) is 9.83. The van der Waals surface area contributed by atoms with Crippen molar-refractivity contribution in [2.24, 2.45) is 0 Å². The number of benzene rings is 1. The van der Waals surface area contributed by atoms with Crippen LogP contribution < -0.4 is 9.64 Å². The van der Waals surface area contributed by atoms with E-state index in [-0.39, 0.29) is 6.04 Å². The van der Waals surface area contributed by atoms with E-state index in [4.69, 9.17) is 4.74 Å². The van der Waals surface area contributed by atoms with Crippen molar-refractivity contribution >= 4 is 5.69 Å². The van der Waals surface area contributed by atoms with Crippen LogP contribution in [-0.2, 0) is 13.0 Å². The Hall–Kier alpha value is -2.26. The van der Waals surface area contributed by atoms with E-state index >= 15 is 0 Å². The average molecular weight is 410 g/mol. The van der Waals surface area contributed by atoms with Crippen molar-refractivity contribution in [1.29, 1.82) is 0 Å². The first-order chi connectivity index (χ1) is 13.8. The summed E-state index contributed by atoms with van der Waals surface area (Å²) >= 11 is 0. The summed E-state index contributed by atoms with van der Waals surface area (Å²) in [6, 6.07) is 6.71. The molecule has 9 heteroatoms. The minimum atomic E-state index is -4.64. The normalized spacial score (nSPS) is 19.7. The molecule has 3 heterocycles. The Balaban J connectivity index is 1.34. The number of hydrogen-bond donors (Lipinski definition) is 1. The molecule has 1 aromatic heterocycles. The number of aliphatic hydroxyl groups is 1. The summed E-state index contributed by atoms with van der Waals surface area (Å²) in [4.78, 5) is 4.50. The maximum Gasteiger partial charge on any atom is 0.416 e. The number of halogens is 3. The van der Waals surface area contributed by atoms with Crippen molar-refractivity contribution < 1.29 is 23.0 Å². The van der Waals surface area contributed by atoms with E-state index in [2.05, 4.69) is 40.0 Å². The lowest BCUT2D eigenvalue weighted by Crippen LogP contribution is -2.47. The molecule has 6 nitrogen and oxygen atoms in total. The third kappa shape index (κ3) is 4.35. The smallest absolute Gasteiger partial charge is 0.416 e. The molecule has 1 fully saturated rings. The van der Waals surface area contributed by atoms with Crippen LogP contribution >= 0.6 is 0 Å². The average Bonchev–Trinajstić information content (AvgIpc) is 3.35. The van der Waals surface area contributed by atoms with Crippen LogP contribution in [0.2, 0.25) is 0 Å². The molecule has 2 atom stereocenters. The fourth-order valence-corrected chi connectivity index (χ4v) is 3.92. The molecule has 0 radical (unpaired) electrons. The van der Waals surface area contributed by atoms with E-state index in [1.54, 1.807) is 12.4 Å². The molecule has 4 rings (SSSR count). The van der Waals surface area contributed by atoms with Crippen molar-refractivity contribution in [2.75, 3.05) is 37.7 Å². The standard InChI is InChI=1S/C20H25F3N4O2/c1-14(16-3-2-15-4-9-29-18(15)10-16)25-5-7-26(8-6-25)17-11-24-27(12-17)13-19(28)20(21,22)23/h2-3,10-12,14,19,28H,4-9,13H2,1H3. The van der Waals surface area contributed by atoms with Gasteiger partial charge in [0, 0.05) is 44.8 Å². The maximum atomic E-state index is 12.5. The molecular formula is C20H25F3N4O2. The summed E-state index contributed by atoms with van der Waals surface area (Å²) in [5.41, 5.74) is 3.27. The Morgan fingerprint density at radius 1 is 1.21 bits per heavy atom. The van der Waals surface area contributed by atoms with Gasteiger partial charge < -0.3 is 14.7 Å². The number of piperazine rings is 1. The number of rotatable bonds is 5. The first-order valence-electron chi connectivity index (χ1n) is 9.83. The first kappa shape index (κ1) is 20.0. The Morgan fingerprint density at radius 3 is 2.69 bits per heavy atom. The highest BCUT2D eigenvalue weighted by Gasteiger charge is 2.38. The predicted molar refractivity (Wildman–Crippen MR) is 102 cm³/mol. The zero-order valence-corrected chi connectivity index (χ0v) is 16.3. The topological polar surface area (TPSA) is 53.8 Å². The van der Waals surface area contributed by atoms with Gasteiger partial charge in [0.15, 0.2) is 6.10 Å². The molecule has 1 saturated heterocycles. The lowest BCUT2D eigenvalue weighted by atomic mass is 10.0. The van der Waals surface area contributed by atoms with E-state index in [9.17, 15) is 18.3 Å². The SMILES string of the molecule is CC(c1ccc2c(c1)OCC2)N1CCN(c2cnn(CC(O)C(F)(F)F)c2)CC1. The van der Waals surface area contributed by atoms with E-state index in [1.807, 2.05) is 0 Å². The molecular weight excluding hydrogens is 385 g/mol. The molecule has 2 unspecified atom stereocenters. The monoisotopic (exact) mass is 410 g/mol. The molecule has 0 amide bonds. The van der Waals surface area contributed by atoms with Crippen molar-refractivity contribution in [1.82, 2.24) is 14.7 Å².